The number of carbonyl (C=O) groups is 1. The van der Waals surface area contributed by atoms with Crippen LogP contribution in [0.5, 0.6) is 0 Å². The highest BCUT2D eigenvalue weighted by molar-refractivity contribution is 5.92. The molecule has 1 fully saturated rings. The number of amides is 1. The summed E-state index contributed by atoms with van der Waals surface area (Å²) in [5.74, 6) is -0.0136. The van der Waals surface area contributed by atoms with Gasteiger partial charge in [-0.2, -0.15) is 0 Å². The summed E-state index contributed by atoms with van der Waals surface area (Å²) in [6.07, 6.45) is 1.52. The molecular formula is C18H23N3O4. The molecule has 25 heavy (non-hydrogen) atoms. The first kappa shape index (κ1) is 17.4. The summed E-state index contributed by atoms with van der Waals surface area (Å²) in [4.78, 5) is 29.5. The summed E-state index contributed by atoms with van der Waals surface area (Å²) in [5, 5.41) is 2.78. The molecule has 1 aliphatic heterocycles. The Kier molecular flexibility index (Phi) is 5.35. The van der Waals surface area contributed by atoms with E-state index in [-0.39, 0.29) is 18.0 Å². The maximum Gasteiger partial charge on any atom is 0.287 e. The van der Waals surface area contributed by atoms with Gasteiger partial charge in [0.2, 0.25) is 0 Å². The second kappa shape index (κ2) is 7.67. The van der Waals surface area contributed by atoms with E-state index < -0.39 is 0 Å². The maximum atomic E-state index is 12.5. The molecule has 1 saturated heterocycles. The van der Waals surface area contributed by atoms with Gasteiger partial charge >= 0.3 is 0 Å². The highest BCUT2D eigenvalue weighted by atomic mass is 16.5. The Morgan fingerprint density at radius 2 is 2.08 bits per heavy atom. The predicted octanol–water partition coefficient (Wildman–Crippen LogP) is 1.35. The SMILES string of the molecule is Cc1cc(C)c(CNC(=O)c2occc2CN2CCOCC2)c(=O)[nH]1. The van der Waals surface area contributed by atoms with Gasteiger partial charge in [-0.05, 0) is 31.5 Å². The van der Waals surface area contributed by atoms with Gasteiger partial charge in [-0.1, -0.05) is 0 Å². The number of hydrogen-bond acceptors (Lipinski definition) is 5. The molecule has 2 aromatic heterocycles. The molecule has 134 valence electrons. The molecule has 0 atom stereocenters. The van der Waals surface area contributed by atoms with Gasteiger partial charge < -0.3 is 19.5 Å². The number of nitrogens with zero attached hydrogens (tertiary/aromatic N) is 1. The van der Waals surface area contributed by atoms with Crippen LogP contribution in [0.3, 0.4) is 0 Å². The Morgan fingerprint density at radius 3 is 2.80 bits per heavy atom. The van der Waals surface area contributed by atoms with Gasteiger partial charge in [-0.3, -0.25) is 14.5 Å². The Bertz CT molecular complexity index is 803. The lowest BCUT2D eigenvalue weighted by atomic mass is 10.1. The average Bonchev–Trinajstić information content (AvgIpc) is 3.03. The topological polar surface area (TPSA) is 87.6 Å². The van der Waals surface area contributed by atoms with Crippen molar-refractivity contribution in [1.82, 2.24) is 15.2 Å². The molecule has 1 aliphatic rings. The van der Waals surface area contributed by atoms with Crippen molar-refractivity contribution in [2.75, 3.05) is 26.3 Å². The van der Waals surface area contributed by atoms with Crippen LogP contribution in [0.1, 0.15) is 32.9 Å². The van der Waals surface area contributed by atoms with Crippen molar-refractivity contribution >= 4 is 5.91 Å². The Labute approximate surface area is 146 Å². The Hall–Kier alpha value is -2.38. The zero-order chi connectivity index (χ0) is 17.8. The van der Waals surface area contributed by atoms with Gasteiger partial charge in [-0.15, -0.1) is 0 Å². The van der Waals surface area contributed by atoms with Gasteiger partial charge in [0, 0.05) is 43.0 Å². The molecule has 0 unspecified atom stereocenters. The van der Waals surface area contributed by atoms with Crippen LogP contribution in [0.4, 0.5) is 0 Å². The highest BCUT2D eigenvalue weighted by Gasteiger charge is 2.19. The minimum atomic E-state index is -0.312. The van der Waals surface area contributed by atoms with Crippen LogP contribution >= 0.6 is 0 Å². The molecule has 7 nitrogen and oxygen atoms in total. The molecule has 7 heteroatoms. The van der Waals surface area contributed by atoms with Crippen molar-refractivity contribution < 1.29 is 13.9 Å². The van der Waals surface area contributed by atoms with Crippen LogP contribution in [0, 0.1) is 13.8 Å². The van der Waals surface area contributed by atoms with Gasteiger partial charge in [-0.25, -0.2) is 0 Å². The van der Waals surface area contributed by atoms with Crippen molar-refractivity contribution in [3.05, 3.63) is 56.9 Å². The number of pyridine rings is 1. The molecule has 0 spiro atoms. The van der Waals surface area contributed by atoms with E-state index in [0.717, 1.165) is 29.9 Å². The summed E-state index contributed by atoms with van der Waals surface area (Å²) in [6.45, 7) is 7.58. The van der Waals surface area contributed by atoms with Crippen molar-refractivity contribution in [1.29, 1.82) is 0 Å². The lowest BCUT2D eigenvalue weighted by molar-refractivity contribution is 0.0339. The first-order chi connectivity index (χ1) is 12.0. The molecule has 0 aliphatic carbocycles. The molecule has 0 aromatic carbocycles. The summed E-state index contributed by atoms with van der Waals surface area (Å²) < 4.78 is 10.7. The normalized spacial score (nSPS) is 15.3. The van der Waals surface area contributed by atoms with E-state index in [9.17, 15) is 9.59 Å². The number of furan rings is 1. The van der Waals surface area contributed by atoms with Crippen molar-refractivity contribution in [3.8, 4) is 0 Å². The number of aromatic nitrogens is 1. The standard InChI is InChI=1S/C18H23N3O4/c1-12-9-13(2)20-17(22)15(12)10-19-18(23)16-14(3-6-25-16)11-21-4-7-24-8-5-21/h3,6,9H,4-5,7-8,10-11H2,1-2H3,(H,19,23)(H,20,22). The van der Waals surface area contributed by atoms with Gasteiger partial charge in [0.25, 0.3) is 11.5 Å². The number of rotatable bonds is 5. The van der Waals surface area contributed by atoms with E-state index >= 15 is 0 Å². The van der Waals surface area contributed by atoms with Crippen LogP contribution in [-0.4, -0.2) is 42.1 Å². The predicted molar refractivity (Wildman–Crippen MR) is 92.5 cm³/mol. The fourth-order valence-electron chi connectivity index (χ4n) is 3.01. The Morgan fingerprint density at radius 1 is 1.32 bits per heavy atom. The second-order valence-electron chi connectivity index (χ2n) is 6.29. The lowest BCUT2D eigenvalue weighted by Gasteiger charge is -2.26. The van der Waals surface area contributed by atoms with E-state index in [1.807, 2.05) is 26.0 Å². The average molecular weight is 345 g/mol. The largest absolute Gasteiger partial charge is 0.459 e. The number of morpholine rings is 1. The molecule has 3 rings (SSSR count). The van der Waals surface area contributed by atoms with Crippen LogP contribution in [0.25, 0.3) is 0 Å². The van der Waals surface area contributed by atoms with E-state index in [4.69, 9.17) is 9.15 Å². The van der Waals surface area contributed by atoms with E-state index in [1.165, 1.54) is 6.26 Å². The second-order valence-corrected chi connectivity index (χ2v) is 6.29. The van der Waals surface area contributed by atoms with E-state index in [0.29, 0.717) is 31.1 Å². The van der Waals surface area contributed by atoms with Crippen LogP contribution in [0.2, 0.25) is 0 Å². The molecule has 0 saturated carbocycles. The highest BCUT2D eigenvalue weighted by Crippen LogP contribution is 2.15. The molecule has 2 N–H and O–H groups in total. The minimum absolute atomic E-state index is 0.165. The third kappa shape index (κ3) is 4.18. The van der Waals surface area contributed by atoms with Crippen LogP contribution in [-0.2, 0) is 17.8 Å². The molecule has 3 heterocycles. The Balaban J connectivity index is 1.66. The number of aromatic amines is 1. The van der Waals surface area contributed by atoms with Gasteiger partial charge in [0.05, 0.1) is 19.5 Å². The number of carbonyl (C=O) groups excluding carboxylic acids is 1. The quantitative estimate of drug-likeness (QED) is 0.854. The number of H-pyrrole nitrogens is 1. The molecular weight excluding hydrogens is 322 g/mol. The molecule has 2 aromatic rings. The molecule has 0 bridgehead atoms. The summed E-state index contributed by atoms with van der Waals surface area (Å²) in [6, 6.07) is 3.70. The third-order valence-electron chi connectivity index (χ3n) is 4.37. The van der Waals surface area contributed by atoms with Crippen molar-refractivity contribution in [3.63, 3.8) is 0 Å². The summed E-state index contributed by atoms with van der Waals surface area (Å²) >= 11 is 0. The van der Waals surface area contributed by atoms with E-state index in [1.54, 1.807) is 0 Å². The monoisotopic (exact) mass is 345 g/mol. The molecule has 1 amide bonds. The lowest BCUT2D eigenvalue weighted by Crippen LogP contribution is -2.36. The van der Waals surface area contributed by atoms with Gasteiger partial charge in [0.1, 0.15) is 0 Å². The zero-order valence-electron chi connectivity index (χ0n) is 14.6. The van der Waals surface area contributed by atoms with Crippen molar-refractivity contribution in [2.45, 2.75) is 26.9 Å². The smallest absolute Gasteiger partial charge is 0.287 e. The number of hydrogen-bond donors (Lipinski definition) is 2. The third-order valence-corrected chi connectivity index (χ3v) is 4.37. The van der Waals surface area contributed by atoms with Crippen LogP contribution < -0.4 is 10.9 Å². The maximum absolute atomic E-state index is 12.5. The number of ether oxygens (including phenoxy) is 1. The van der Waals surface area contributed by atoms with Gasteiger partial charge in [0.15, 0.2) is 5.76 Å². The number of nitrogens with one attached hydrogen (secondary N) is 2. The first-order valence-corrected chi connectivity index (χ1v) is 8.38. The fourth-order valence-corrected chi connectivity index (χ4v) is 3.01. The van der Waals surface area contributed by atoms with Crippen molar-refractivity contribution in [2.24, 2.45) is 0 Å². The first-order valence-electron chi connectivity index (χ1n) is 8.38. The summed E-state index contributed by atoms with van der Waals surface area (Å²) in [7, 11) is 0. The number of aryl methyl sites for hydroxylation is 2. The fraction of sp³-hybridized carbons (Fsp3) is 0.444. The molecule has 0 radical (unpaired) electrons. The summed E-state index contributed by atoms with van der Waals surface area (Å²) in [5.41, 5.74) is 2.88. The zero-order valence-corrected chi connectivity index (χ0v) is 14.6. The van der Waals surface area contributed by atoms with E-state index in [2.05, 4.69) is 15.2 Å². The minimum Gasteiger partial charge on any atom is -0.459 e. The van der Waals surface area contributed by atoms with Crippen LogP contribution in [0.15, 0.2) is 27.6 Å².